The van der Waals surface area contributed by atoms with Crippen LogP contribution in [0, 0.1) is 0 Å². The first-order chi connectivity index (χ1) is 11.4. The van der Waals surface area contributed by atoms with Gasteiger partial charge in [0.2, 0.25) is 5.91 Å². The summed E-state index contributed by atoms with van der Waals surface area (Å²) in [5.41, 5.74) is 1.40. The van der Waals surface area contributed by atoms with E-state index in [2.05, 4.69) is 20.5 Å². The molecular weight excluding hydrogens is 318 g/mol. The van der Waals surface area contributed by atoms with Crippen molar-refractivity contribution in [2.45, 2.75) is 25.6 Å². The van der Waals surface area contributed by atoms with Gasteiger partial charge in [-0.2, -0.15) is 13.9 Å². The first-order valence-electron chi connectivity index (χ1n) is 7.41. The van der Waals surface area contributed by atoms with Gasteiger partial charge < -0.3 is 15.4 Å². The van der Waals surface area contributed by atoms with Gasteiger partial charge in [0.05, 0.1) is 12.2 Å². The Kier molecular flexibility index (Phi) is 5.86. The van der Waals surface area contributed by atoms with E-state index < -0.39 is 12.7 Å². The molecule has 0 aliphatic heterocycles. The van der Waals surface area contributed by atoms with Crippen molar-refractivity contribution in [1.82, 2.24) is 20.4 Å². The van der Waals surface area contributed by atoms with Gasteiger partial charge in [-0.25, -0.2) is 0 Å². The predicted molar refractivity (Wildman–Crippen MR) is 84.6 cm³/mol. The molecule has 0 spiro atoms. The van der Waals surface area contributed by atoms with E-state index in [0.29, 0.717) is 5.56 Å². The Balaban J connectivity index is 2.07. The van der Waals surface area contributed by atoms with Crippen LogP contribution in [-0.2, 0) is 11.8 Å². The summed E-state index contributed by atoms with van der Waals surface area (Å²) in [7, 11) is 3.45. The molecule has 0 radical (unpaired) electrons. The van der Waals surface area contributed by atoms with E-state index in [1.165, 1.54) is 12.1 Å². The van der Waals surface area contributed by atoms with Gasteiger partial charge in [-0.05, 0) is 31.7 Å². The van der Waals surface area contributed by atoms with Crippen molar-refractivity contribution in [2.24, 2.45) is 7.05 Å². The number of nitrogens with zero attached hydrogens (tertiary/aromatic N) is 2. The Hall–Kier alpha value is -2.48. The lowest BCUT2D eigenvalue weighted by Gasteiger charge is -2.20. The van der Waals surface area contributed by atoms with Gasteiger partial charge in [0.25, 0.3) is 0 Å². The molecule has 8 heteroatoms. The molecule has 0 saturated heterocycles. The third-order valence-corrected chi connectivity index (χ3v) is 3.55. The SMILES string of the molecule is CNC(C(=O)NC(C)c1cccc(OC(F)F)c1)c1cnn(C)c1. The average molecular weight is 338 g/mol. The Morgan fingerprint density at radius 3 is 2.67 bits per heavy atom. The number of aryl methyl sites for hydroxylation is 1. The molecule has 2 rings (SSSR count). The monoisotopic (exact) mass is 338 g/mol. The number of carbonyl (C=O) groups is 1. The number of hydrogen-bond acceptors (Lipinski definition) is 4. The maximum absolute atomic E-state index is 12.5. The van der Waals surface area contributed by atoms with Gasteiger partial charge in [0.15, 0.2) is 0 Å². The van der Waals surface area contributed by atoms with Crippen LogP contribution in [-0.4, -0.2) is 29.3 Å². The predicted octanol–water partition coefficient (Wildman–Crippen LogP) is 2.16. The van der Waals surface area contributed by atoms with Crippen LogP contribution in [0.2, 0.25) is 0 Å². The highest BCUT2D eigenvalue weighted by atomic mass is 19.3. The Labute approximate surface area is 138 Å². The zero-order chi connectivity index (χ0) is 17.7. The maximum atomic E-state index is 12.5. The fraction of sp³-hybridized carbons (Fsp3) is 0.375. The van der Waals surface area contributed by atoms with Crippen molar-refractivity contribution >= 4 is 5.91 Å². The molecule has 0 bridgehead atoms. The summed E-state index contributed by atoms with van der Waals surface area (Å²) >= 11 is 0. The van der Waals surface area contributed by atoms with Crippen LogP contribution >= 0.6 is 0 Å². The largest absolute Gasteiger partial charge is 0.435 e. The van der Waals surface area contributed by atoms with Crippen LogP contribution in [0.1, 0.15) is 30.1 Å². The second-order valence-corrected chi connectivity index (χ2v) is 5.35. The maximum Gasteiger partial charge on any atom is 0.387 e. The number of likely N-dealkylation sites (N-methyl/N-ethyl adjacent to an activating group) is 1. The highest BCUT2D eigenvalue weighted by molar-refractivity contribution is 5.83. The molecule has 6 nitrogen and oxygen atoms in total. The molecular formula is C16H20F2N4O2. The average Bonchev–Trinajstić information content (AvgIpc) is 2.93. The summed E-state index contributed by atoms with van der Waals surface area (Å²) in [5, 5.41) is 9.84. The molecule has 1 amide bonds. The smallest absolute Gasteiger partial charge is 0.387 e. The van der Waals surface area contributed by atoms with Gasteiger partial charge >= 0.3 is 6.61 Å². The Bertz CT molecular complexity index is 690. The van der Waals surface area contributed by atoms with E-state index >= 15 is 0 Å². The zero-order valence-corrected chi connectivity index (χ0v) is 13.7. The molecule has 0 saturated carbocycles. The minimum atomic E-state index is -2.88. The molecule has 0 aliphatic carbocycles. The lowest BCUT2D eigenvalue weighted by molar-refractivity contribution is -0.123. The molecule has 0 aliphatic rings. The third kappa shape index (κ3) is 4.51. The van der Waals surface area contributed by atoms with Crippen molar-refractivity contribution < 1.29 is 18.3 Å². The summed E-state index contributed by atoms with van der Waals surface area (Å²) in [4.78, 5) is 12.5. The van der Waals surface area contributed by atoms with Crippen LogP contribution in [0.15, 0.2) is 36.7 Å². The van der Waals surface area contributed by atoms with Crippen LogP contribution < -0.4 is 15.4 Å². The number of ether oxygens (including phenoxy) is 1. The van der Waals surface area contributed by atoms with Gasteiger partial charge in [-0.15, -0.1) is 0 Å². The van der Waals surface area contributed by atoms with E-state index in [1.54, 1.807) is 50.2 Å². The lowest BCUT2D eigenvalue weighted by Crippen LogP contribution is -2.37. The highest BCUT2D eigenvalue weighted by Gasteiger charge is 2.22. The number of nitrogens with one attached hydrogen (secondary N) is 2. The first kappa shape index (κ1) is 17.9. The summed E-state index contributed by atoms with van der Waals surface area (Å²) < 4.78 is 30.6. The number of rotatable bonds is 7. The van der Waals surface area contributed by atoms with Crippen molar-refractivity contribution in [2.75, 3.05) is 7.05 Å². The summed E-state index contributed by atoms with van der Waals surface area (Å²) in [6.07, 6.45) is 3.37. The summed E-state index contributed by atoms with van der Waals surface area (Å²) in [6.45, 7) is -1.11. The van der Waals surface area contributed by atoms with Crippen molar-refractivity contribution in [1.29, 1.82) is 0 Å². The normalized spacial score (nSPS) is 13.6. The van der Waals surface area contributed by atoms with Crippen LogP contribution in [0.5, 0.6) is 5.75 Å². The third-order valence-electron chi connectivity index (χ3n) is 3.55. The van der Waals surface area contributed by atoms with E-state index in [4.69, 9.17) is 0 Å². The molecule has 1 heterocycles. The Morgan fingerprint density at radius 1 is 1.33 bits per heavy atom. The summed E-state index contributed by atoms with van der Waals surface area (Å²) in [5.74, 6) is -0.181. The molecule has 2 unspecified atom stereocenters. The fourth-order valence-electron chi connectivity index (χ4n) is 2.38. The van der Waals surface area contributed by atoms with Crippen LogP contribution in [0.25, 0.3) is 0 Å². The topological polar surface area (TPSA) is 68.2 Å². The van der Waals surface area contributed by atoms with E-state index in [1.807, 2.05) is 0 Å². The van der Waals surface area contributed by atoms with Crippen LogP contribution in [0.3, 0.4) is 0 Å². The standard InChI is InChI=1S/C16H20F2N4O2/c1-10(11-5-4-6-13(7-11)24-16(17)18)21-15(23)14(19-2)12-8-20-22(3)9-12/h4-10,14,16,19H,1-3H3,(H,21,23). The van der Waals surface area contributed by atoms with Crippen LogP contribution in [0.4, 0.5) is 8.78 Å². The second kappa shape index (κ2) is 7.87. The van der Waals surface area contributed by atoms with E-state index in [-0.39, 0.29) is 17.7 Å². The molecule has 2 N–H and O–H groups in total. The molecule has 2 atom stereocenters. The lowest BCUT2D eigenvalue weighted by atomic mass is 10.1. The van der Waals surface area contributed by atoms with Gasteiger partial charge in [-0.3, -0.25) is 9.48 Å². The van der Waals surface area contributed by atoms with Crippen molar-refractivity contribution in [3.05, 3.63) is 47.8 Å². The molecule has 1 aromatic heterocycles. The minimum absolute atomic E-state index is 0.0565. The fourth-order valence-corrected chi connectivity index (χ4v) is 2.38. The van der Waals surface area contributed by atoms with Gasteiger partial charge in [0.1, 0.15) is 11.8 Å². The number of benzene rings is 1. The second-order valence-electron chi connectivity index (χ2n) is 5.35. The molecule has 0 fully saturated rings. The molecule has 130 valence electrons. The van der Waals surface area contributed by atoms with Gasteiger partial charge in [-0.1, -0.05) is 12.1 Å². The van der Waals surface area contributed by atoms with E-state index in [9.17, 15) is 13.6 Å². The van der Waals surface area contributed by atoms with E-state index in [0.717, 1.165) is 5.56 Å². The summed E-state index contributed by atoms with van der Waals surface area (Å²) in [6, 6.07) is 5.34. The number of carbonyl (C=O) groups excluding carboxylic acids is 1. The Morgan fingerprint density at radius 2 is 2.08 bits per heavy atom. The molecule has 2 aromatic rings. The molecule has 1 aromatic carbocycles. The number of halogens is 2. The quantitative estimate of drug-likeness (QED) is 0.812. The minimum Gasteiger partial charge on any atom is -0.435 e. The number of amides is 1. The highest BCUT2D eigenvalue weighted by Crippen LogP contribution is 2.21. The van der Waals surface area contributed by atoms with Crippen molar-refractivity contribution in [3.63, 3.8) is 0 Å². The van der Waals surface area contributed by atoms with Gasteiger partial charge in [0, 0.05) is 18.8 Å². The first-order valence-corrected chi connectivity index (χ1v) is 7.41. The number of hydrogen-bond donors (Lipinski definition) is 2. The zero-order valence-electron chi connectivity index (χ0n) is 13.7. The molecule has 24 heavy (non-hydrogen) atoms. The number of alkyl halides is 2. The number of aromatic nitrogens is 2. The van der Waals surface area contributed by atoms with Crippen molar-refractivity contribution in [3.8, 4) is 5.75 Å².